The minimum Gasteiger partial charge on any atom is -0.467 e. The molecule has 0 fully saturated rings. The van der Waals surface area contributed by atoms with Gasteiger partial charge in [-0.15, -0.1) is 10.2 Å². The number of aryl methyl sites for hydroxylation is 1. The van der Waals surface area contributed by atoms with Gasteiger partial charge in [-0.2, -0.15) is 5.10 Å². The summed E-state index contributed by atoms with van der Waals surface area (Å²) < 4.78 is 7.48. The summed E-state index contributed by atoms with van der Waals surface area (Å²) in [6.07, 6.45) is 4.12. The Balaban J connectivity index is 1.38. The number of carbonyl (C=O) groups excluding carboxylic acids is 1. The van der Waals surface area contributed by atoms with Crippen LogP contribution < -0.4 is 0 Å². The van der Waals surface area contributed by atoms with E-state index in [1.165, 1.54) is 17.3 Å². The fraction of sp³-hybridized carbons (Fsp3) is 0.182. The molecule has 7 nitrogen and oxygen atoms in total. The number of benzene rings is 1. The number of fused-ring (bicyclic) bond motifs is 1. The lowest BCUT2D eigenvalue weighted by molar-refractivity contribution is -0.130. The molecule has 0 radical (unpaired) electrons. The zero-order valence-electron chi connectivity index (χ0n) is 16.3. The highest BCUT2D eigenvalue weighted by Gasteiger charge is 2.34. The van der Waals surface area contributed by atoms with E-state index in [0.717, 1.165) is 22.7 Å². The first kappa shape index (κ1) is 18.6. The summed E-state index contributed by atoms with van der Waals surface area (Å²) in [4.78, 5) is 13.1. The highest BCUT2D eigenvalue weighted by molar-refractivity contribution is 7.99. The molecule has 3 aromatic heterocycles. The lowest BCUT2D eigenvalue weighted by Gasteiger charge is -2.19. The van der Waals surface area contributed by atoms with Gasteiger partial charge in [0.15, 0.2) is 10.8 Å². The van der Waals surface area contributed by atoms with Crippen LogP contribution in [0.5, 0.6) is 0 Å². The average Bonchev–Trinajstić information content (AvgIpc) is 3.51. The first-order chi connectivity index (χ1) is 14.7. The Bertz CT molecular complexity index is 1210. The summed E-state index contributed by atoms with van der Waals surface area (Å²) in [5.74, 6) is 0.834. The fourth-order valence-electron chi connectivity index (χ4n) is 3.47. The second-order valence-electron chi connectivity index (χ2n) is 7.09. The summed E-state index contributed by atoms with van der Waals surface area (Å²) in [6, 6.07) is 17.3. The summed E-state index contributed by atoms with van der Waals surface area (Å²) >= 11 is 1.35. The Kier molecular flexibility index (Phi) is 4.84. The second-order valence-corrected chi connectivity index (χ2v) is 8.03. The van der Waals surface area contributed by atoms with Crippen LogP contribution in [0, 0.1) is 6.92 Å². The van der Waals surface area contributed by atoms with Crippen LogP contribution in [0.4, 0.5) is 0 Å². The molecule has 0 bridgehead atoms. The third-order valence-corrected chi connectivity index (χ3v) is 5.96. The molecule has 0 N–H and O–H groups in total. The van der Waals surface area contributed by atoms with Gasteiger partial charge in [-0.05, 0) is 36.8 Å². The topological polar surface area (TPSA) is 76.0 Å². The Morgan fingerprint density at radius 2 is 2.00 bits per heavy atom. The van der Waals surface area contributed by atoms with Gasteiger partial charge in [0.05, 0.1) is 17.7 Å². The van der Waals surface area contributed by atoms with Crippen molar-refractivity contribution >= 4 is 29.0 Å². The molecule has 1 aliphatic heterocycles. The number of thioether (sulfide) groups is 1. The zero-order chi connectivity index (χ0) is 20.5. The standard InChI is InChI=1S/C22H19N5O2S/c1-15-7-9-16(10-8-15)17-13-18(19-5-4-12-29-19)27(25-17)21(28)14-30-22-24-23-20-6-2-3-11-26(20)22/h2-12,18H,13-14H2,1H3/t18-/m0/s1. The number of hydrazone groups is 1. The molecule has 5 rings (SSSR count). The molecule has 0 spiro atoms. The van der Waals surface area contributed by atoms with E-state index in [2.05, 4.69) is 27.4 Å². The number of rotatable bonds is 5. The summed E-state index contributed by atoms with van der Waals surface area (Å²) in [5.41, 5.74) is 3.83. The zero-order valence-corrected chi connectivity index (χ0v) is 17.1. The smallest absolute Gasteiger partial charge is 0.253 e. The van der Waals surface area contributed by atoms with Crippen molar-refractivity contribution in [3.63, 3.8) is 0 Å². The highest BCUT2D eigenvalue weighted by Crippen LogP contribution is 2.34. The summed E-state index contributed by atoms with van der Waals surface area (Å²) in [5, 5.41) is 15.2. The van der Waals surface area contributed by atoms with Crippen LogP contribution >= 0.6 is 11.8 Å². The van der Waals surface area contributed by atoms with Gasteiger partial charge in [-0.1, -0.05) is 47.7 Å². The van der Waals surface area contributed by atoms with E-state index >= 15 is 0 Å². The molecule has 0 saturated heterocycles. The Morgan fingerprint density at radius 3 is 2.80 bits per heavy atom. The van der Waals surface area contributed by atoms with Crippen LogP contribution in [0.15, 0.2) is 81.7 Å². The van der Waals surface area contributed by atoms with Gasteiger partial charge in [0.2, 0.25) is 0 Å². The van der Waals surface area contributed by atoms with Crippen LogP contribution in [-0.4, -0.2) is 37.0 Å². The average molecular weight is 417 g/mol. The van der Waals surface area contributed by atoms with Crippen LogP contribution in [0.1, 0.15) is 29.3 Å². The lowest BCUT2D eigenvalue weighted by atomic mass is 10.0. The molecule has 0 aliphatic carbocycles. The van der Waals surface area contributed by atoms with Crippen molar-refractivity contribution in [3.8, 4) is 0 Å². The third kappa shape index (κ3) is 3.50. The van der Waals surface area contributed by atoms with Crippen molar-refractivity contribution in [3.05, 3.63) is 83.9 Å². The number of hydrogen-bond acceptors (Lipinski definition) is 6. The maximum absolute atomic E-state index is 13.1. The molecule has 1 amide bonds. The van der Waals surface area contributed by atoms with Gasteiger partial charge in [-0.25, -0.2) is 5.01 Å². The van der Waals surface area contributed by atoms with E-state index in [0.29, 0.717) is 11.6 Å². The minimum absolute atomic E-state index is 0.101. The Hall–Kier alpha value is -3.39. The Labute approximate surface area is 177 Å². The van der Waals surface area contributed by atoms with E-state index < -0.39 is 0 Å². The van der Waals surface area contributed by atoms with E-state index in [-0.39, 0.29) is 17.7 Å². The number of carbonyl (C=O) groups is 1. The first-order valence-corrected chi connectivity index (χ1v) is 10.6. The molecule has 150 valence electrons. The highest BCUT2D eigenvalue weighted by atomic mass is 32.2. The maximum atomic E-state index is 13.1. The van der Waals surface area contributed by atoms with Crippen LogP contribution in [0.3, 0.4) is 0 Å². The minimum atomic E-state index is -0.250. The third-order valence-electron chi connectivity index (χ3n) is 5.03. The van der Waals surface area contributed by atoms with Gasteiger partial charge >= 0.3 is 0 Å². The van der Waals surface area contributed by atoms with E-state index in [1.807, 2.05) is 60.0 Å². The molecule has 0 unspecified atom stereocenters. The number of amides is 1. The quantitative estimate of drug-likeness (QED) is 0.457. The SMILES string of the molecule is Cc1ccc(C2=NN(C(=O)CSc3nnc4ccccn34)[C@H](c3ccco3)C2)cc1. The van der Waals surface area contributed by atoms with Gasteiger partial charge in [0, 0.05) is 12.6 Å². The summed E-state index contributed by atoms with van der Waals surface area (Å²) in [6.45, 7) is 2.05. The van der Waals surface area contributed by atoms with Crippen LogP contribution in [-0.2, 0) is 4.79 Å². The fourth-order valence-corrected chi connectivity index (χ4v) is 4.25. The molecule has 0 saturated carbocycles. The first-order valence-electron chi connectivity index (χ1n) is 9.61. The Morgan fingerprint density at radius 1 is 1.13 bits per heavy atom. The van der Waals surface area contributed by atoms with Crippen molar-refractivity contribution in [2.45, 2.75) is 24.5 Å². The number of furan rings is 1. The number of hydrogen-bond donors (Lipinski definition) is 0. The molecule has 4 aromatic rings. The van der Waals surface area contributed by atoms with Crippen LogP contribution in [0.25, 0.3) is 5.65 Å². The molecule has 1 aromatic carbocycles. The molecule has 8 heteroatoms. The number of nitrogens with zero attached hydrogens (tertiary/aromatic N) is 5. The molecule has 4 heterocycles. The largest absolute Gasteiger partial charge is 0.467 e. The van der Waals surface area contributed by atoms with E-state index in [4.69, 9.17) is 4.42 Å². The molecular weight excluding hydrogens is 398 g/mol. The molecule has 1 atom stereocenters. The van der Waals surface area contributed by atoms with Crippen molar-refractivity contribution in [2.75, 3.05) is 5.75 Å². The van der Waals surface area contributed by atoms with Crippen molar-refractivity contribution < 1.29 is 9.21 Å². The van der Waals surface area contributed by atoms with Crippen molar-refractivity contribution in [1.29, 1.82) is 0 Å². The predicted molar refractivity (Wildman–Crippen MR) is 114 cm³/mol. The number of aromatic nitrogens is 3. The van der Waals surface area contributed by atoms with Gasteiger partial charge < -0.3 is 4.42 Å². The molecular formula is C22H19N5O2S. The number of pyridine rings is 1. The van der Waals surface area contributed by atoms with Crippen molar-refractivity contribution in [1.82, 2.24) is 19.6 Å². The maximum Gasteiger partial charge on any atom is 0.253 e. The van der Waals surface area contributed by atoms with Crippen LogP contribution in [0.2, 0.25) is 0 Å². The predicted octanol–water partition coefficient (Wildman–Crippen LogP) is 4.10. The second kappa shape index (κ2) is 7.79. The van der Waals surface area contributed by atoms with Gasteiger partial charge in [-0.3, -0.25) is 9.20 Å². The van der Waals surface area contributed by atoms with Gasteiger partial charge in [0.1, 0.15) is 11.8 Å². The monoisotopic (exact) mass is 417 g/mol. The summed E-state index contributed by atoms with van der Waals surface area (Å²) in [7, 11) is 0. The lowest BCUT2D eigenvalue weighted by Crippen LogP contribution is -2.28. The van der Waals surface area contributed by atoms with E-state index in [1.54, 1.807) is 11.3 Å². The van der Waals surface area contributed by atoms with Crippen molar-refractivity contribution in [2.24, 2.45) is 5.10 Å². The normalized spacial score (nSPS) is 16.2. The molecule has 1 aliphatic rings. The molecule has 30 heavy (non-hydrogen) atoms. The van der Waals surface area contributed by atoms with E-state index in [9.17, 15) is 4.79 Å². The van der Waals surface area contributed by atoms with Gasteiger partial charge in [0.25, 0.3) is 5.91 Å².